The van der Waals surface area contributed by atoms with Crippen LogP contribution >= 0.6 is 23.6 Å². The molecule has 1 saturated heterocycles. The number of nitrogens with one attached hydrogen (secondary N) is 1. The van der Waals surface area contributed by atoms with E-state index in [-0.39, 0.29) is 12.1 Å². The highest BCUT2D eigenvalue weighted by Gasteiger charge is 2.41. The smallest absolute Gasteiger partial charge is 0.193 e. The van der Waals surface area contributed by atoms with Crippen LogP contribution in [0.1, 0.15) is 48.1 Å². The van der Waals surface area contributed by atoms with Gasteiger partial charge < -0.3 is 10.2 Å². The second-order valence-corrected chi connectivity index (χ2v) is 8.06. The molecule has 4 heterocycles. The number of hydrogen-bond donors (Lipinski definition) is 1. The predicted molar refractivity (Wildman–Crippen MR) is 113 cm³/mol. The van der Waals surface area contributed by atoms with E-state index in [0.717, 1.165) is 28.9 Å². The highest BCUT2D eigenvalue weighted by molar-refractivity contribution is 7.80. The third kappa shape index (κ3) is 3.15. The Labute approximate surface area is 169 Å². The number of nitrogens with zero attached hydrogens (tertiary/aromatic N) is 4. The van der Waals surface area contributed by atoms with Crippen molar-refractivity contribution in [1.29, 1.82) is 0 Å². The fourth-order valence-corrected chi connectivity index (χ4v) is 5.02. The van der Waals surface area contributed by atoms with Gasteiger partial charge in [-0.3, -0.25) is 9.55 Å². The Bertz CT molecular complexity index is 933. The molecule has 1 N–H and O–H groups in total. The van der Waals surface area contributed by atoms with E-state index in [1.54, 1.807) is 11.3 Å². The predicted octanol–water partition coefficient (Wildman–Crippen LogP) is 4.33. The maximum Gasteiger partial charge on any atom is 0.193 e. The molecule has 0 saturated carbocycles. The molecule has 0 aromatic carbocycles. The van der Waals surface area contributed by atoms with Crippen LogP contribution < -0.4 is 5.32 Å². The number of pyridine rings is 1. The molecule has 0 radical (unpaired) electrons. The fraction of sp³-hybridized carbons (Fsp3) is 0.350. The van der Waals surface area contributed by atoms with E-state index in [1.165, 1.54) is 17.0 Å². The minimum atomic E-state index is 0.0375. The Kier molecular flexibility index (Phi) is 4.97. The van der Waals surface area contributed by atoms with Gasteiger partial charge in [0.25, 0.3) is 0 Å². The molecule has 7 heteroatoms. The molecule has 1 aliphatic heterocycles. The van der Waals surface area contributed by atoms with Crippen LogP contribution in [0.15, 0.2) is 42.0 Å². The van der Waals surface area contributed by atoms with Crippen LogP contribution in [0.4, 0.5) is 0 Å². The number of aromatic nitrogens is 3. The first-order chi connectivity index (χ1) is 13.1. The van der Waals surface area contributed by atoms with Crippen LogP contribution in [0, 0.1) is 13.8 Å². The van der Waals surface area contributed by atoms with E-state index >= 15 is 0 Å². The van der Waals surface area contributed by atoms with Gasteiger partial charge in [0.15, 0.2) is 10.2 Å². The van der Waals surface area contributed by atoms with Gasteiger partial charge in [-0.05, 0) is 56.2 Å². The average molecular weight is 398 g/mol. The van der Waals surface area contributed by atoms with Crippen molar-refractivity contribution >= 4 is 28.7 Å². The van der Waals surface area contributed by atoms with Crippen LogP contribution in [0.5, 0.6) is 0 Å². The van der Waals surface area contributed by atoms with Gasteiger partial charge in [-0.15, -0.1) is 11.3 Å². The number of rotatable bonds is 5. The molecule has 0 spiro atoms. The zero-order valence-corrected chi connectivity index (χ0v) is 17.3. The van der Waals surface area contributed by atoms with Gasteiger partial charge >= 0.3 is 0 Å². The van der Waals surface area contributed by atoms with Crippen LogP contribution in [0.3, 0.4) is 0 Å². The standard InChI is InChI=1S/C20H23N5S2/c1-4-10-24-18(17(23-19(24)26)16-7-5-6-8-21-16)15-12-13(2)25(14(15)3)20-22-9-11-27-20/h5-9,11-12,17-18H,4,10H2,1-3H3,(H,23,26)/t17-,18+/m1/s1. The molecule has 1 fully saturated rings. The van der Waals surface area contributed by atoms with Gasteiger partial charge in [-0.2, -0.15) is 0 Å². The molecule has 0 amide bonds. The van der Waals surface area contributed by atoms with Gasteiger partial charge in [-0.25, -0.2) is 4.98 Å². The Morgan fingerprint density at radius 1 is 1.22 bits per heavy atom. The summed E-state index contributed by atoms with van der Waals surface area (Å²) in [6.07, 6.45) is 4.74. The normalized spacial score (nSPS) is 19.5. The van der Waals surface area contributed by atoms with Gasteiger partial charge in [0, 0.05) is 35.7 Å². The first kappa shape index (κ1) is 18.1. The summed E-state index contributed by atoms with van der Waals surface area (Å²) in [5, 5.41) is 7.33. The summed E-state index contributed by atoms with van der Waals surface area (Å²) in [6, 6.07) is 8.48. The van der Waals surface area contributed by atoms with E-state index in [2.05, 4.69) is 57.7 Å². The van der Waals surface area contributed by atoms with Crippen molar-refractivity contribution in [2.24, 2.45) is 0 Å². The summed E-state index contributed by atoms with van der Waals surface area (Å²) in [5.41, 5.74) is 4.69. The van der Waals surface area contributed by atoms with Gasteiger partial charge in [-0.1, -0.05) is 13.0 Å². The maximum atomic E-state index is 5.69. The highest BCUT2D eigenvalue weighted by atomic mass is 32.1. The molecule has 3 aromatic rings. The summed E-state index contributed by atoms with van der Waals surface area (Å²) >= 11 is 7.35. The molecule has 0 bridgehead atoms. The van der Waals surface area contributed by atoms with Crippen LogP contribution in [-0.2, 0) is 0 Å². The van der Waals surface area contributed by atoms with Gasteiger partial charge in [0.2, 0.25) is 0 Å². The molecule has 2 atom stereocenters. The van der Waals surface area contributed by atoms with Crippen molar-refractivity contribution < 1.29 is 0 Å². The zero-order chi connectivity index (χ0) is 19.0. The Hall–Kier alpha value is -2.25. The first-order valence-corrected chi connectivity index (χ1v) is 10.5. The molecule has 1 aliphatic rings. The van der Waals surface area contributed by atoms with E-state index < -0.39 is 0 Å². The molecule has 5 nitrogen and oxygen atoms in total. The lowest BCUT2D eigenvalue weighted by Gasteiger charge is -2.27. The summed E-state index contributed by atoms with van der Waals surface area (Å²) < 4.78 is 2.24. The van der Waals surface area contributed by atoms with E-state index in [9.17, 15) is 0 Å². The minimum absolute atomic E-state index is 0.0375. The Morgan fingerprint density at radius 2 is 2.07 bits per heavy atom. The average Bonchev–Trinajstić information content (AvgIpc) is 3.36. The fourth-order valence-electron chi connectivity index (χ4n) is 3.93. The minimum Gasteiger partial charge on any atom is -0.352 e. The number of thiazole rings is 1. The monoisotopic (exact) mass is 397 g/mol. The van der Waals surface area contributed by atoms with E-state index in [1.807, 2.05) is 29.9 Å². The number of aryl methyl sites for hydroxylation is 1. The van der Waals surface area contributed by atoms with Gasteiger partial charge in [0.1, 0.15) is 0 Å². The SMILES string of the molecule is CCCN1C(=S)N[C@H](c2ccccn2)[C@@H]1c1cc(C)n(-c2nccs2)c1C. The second kappa shape index (κ2) is 7.40. The first-order valence-electron chi connectivity index (χ1n) is 9.18. The summed E-state index contributed by atoms with van der Waals surface area (Å²) in [6.45, 7) is 7.41. The lowest BCUT2D eigenvalue weighted by molar-refractivity contribution is 0.316. The summed E-state index contributed by atoms with van der Waals surface area (Å²) in [7, 11) is 0. The molecule has 0 aliphatic carbocycles. The van der Waals surface area contributed by atoms with Crippen molar-refractivity contribution in [3.63, 3.8) is 0 Å². The summed E-state index contributed by atoms with van der Waals surface area (Å²) in [5.74, 6) is 0. The topological polar surface area (TPSA) is 46.0 Å². The Morgan fingerprint density at radius 3 is 2.74 bits per heavy atom. The van der Waals surface area contributed by atoms with Crippen molar-refractivity contribution in [2.45, 2.75) is 39.3 Å². The van der Waals surface area contributed by atoms with Crippen molar-refractivity contribution in [3.8, 4) is 5.13 Å². The molecule has 140 valence electrons. The molecule has 27 heavy (non-hydrogen) atoms. The van der Waals surface area contributed by atoms with Gasteiger partial charge in [0.05, 0.1) is 17.8 Å². The largest absolute Gasteiger partial charge is 0.352 e. The number of thiocarbonyl (C=S) groups is 1. The molecular weight excluding hydrogens is 374 g/mol. The molecule has 0 unspecified atom stereocenters. The quantitative estimate of drug-likeness (QED) is 0.650. The third-order valence-corrected chi connectivity index (χ3v) is 6.17. The lowest BCUT2D eigenvalue weighted by Crippen LogP contribution is -2.30. The Balaban J connectivity index is 1.83. The molecule has 3 aromatic heterocycles. The maximum absolute atomic E-state index is 5.69. The zero-order valence-electron chi connectivity index (χ0n) is 15.7. The second-order valence-electron chi connectivity index (χ2n) is 6.80. The van der Waals surface area contributed by atoms with Crippen molar-refractivity contribution in [2.75, 3.05) is 6.54 Å². The van der Waals surface area contributed by atoms with Crippen molar-refractivity contribution in [3.05, 3.63) is 64.7 Å². The summed E-state index contributed by atoms with van der Waals surface area (Å²) in [4.78, 5) is 11.4. The lowest BCUT2D eigenvalue weighted by atomic mass is 9.96. The van der Waals surface area contributed by atoms with E-state index in [4.69, 9.17) is 12.2 Å². The highest BCUT2D eigenvalue weighted by Crippen LogP contribution is 2.41. The van der Waals surface area contributed by atoms with Crippen LogP contribution in [-0.4, -0.2) is 31.1 Å². The van der Waals surface area contributed by atoms with Crippen LogP contribution in [0.25, 0.3) is 5.13 Å². The molecular formula is C20H23N5S2. The van der Waals surface area contributed by atoms with E-state index in [0.29, 0.717) is 0 Å². The number of hydrogen-bond acceptors (Lipinski definition) is 4. The third-order valence-electron chi connectivity index (χ3n) is 5.06. The van der Waals surface area contributed by atoms with Crippen molar-refractivity contribution in [1.82, 2.24) is 24.8 Å². The van der Waals surface area contributed by atoms with Crippen LogP contribution in [0.2, 0.25) is 0 Å². The molecule has 4 rings (SSSR count).